The molecule has 0 aromatic carbocycles. The van der Waals surface area contributed by atoms with E-state index in [0.717, 1.165) is 6.61 Å². The Balaban J connectivity index is 3.63. The molecule has 0 heterocycles. The lowest BCUT2D eigenvalue weighted by Crippen LogP contribution is -2.36. The first kappa shape index (κ1) is 10.5. The van der Waals surface area contributed by atoms with Gasteiger partial charge in [0.05, 0.1) is 5.44 Å². The van der Waals surface area contributed by atoms with E-state index in [0.29, 0.717) is 0 Å². The molecule has 0 rings (SSSR count). The van der Waals surface area contributed by atoms with Gasteiger partial charge in [-0.3, -0.25) is 0 Å². The van der Waals surface area contributed by atoms with Gasteiger partial charge in [-0.2, -0.15) is 0 Å². The van der Waals surface area contributed by atoms with Gasteiger partial charge in [0.15, 0.2) is 0 Å². The van der Waals surface area contributed by atoms with Crippen LogP contribution in [-0.2, 0) is 8.85 Å². The average molecular weight is 180 g/mol. The summed E-state index contributed by atoms with van der Waals surface area (Å²) in [6, 6.07) is 0. The van der Waals surface area contributed by atoms with Crippen LogP contribution in [0.5, 0.6) is 0 Å². The molecule has 0 saturated heterocycles. The van der Waals surface area contributed by atoms with Crippen molar-refractivity contribution >= 4 is 21.2 Å². The highest BCUT2D eigenvalue weighted by molar-refractivity contribution is 7.80. The minimum Gasteiger partial charge on any atom is -0.395 e. The molecule has 0 aliphatic rings. The van der Waals surface area contributed by atoms with E-state index in [1.165, 1.54) is 0 Å². The van der Waals surface area contributed by atoms with Gasteiger partial charge in [0.2, 0.25) is 0 Å². The fraction of sp³-hybridized carbons (Fsp3) is 1.00. The molecule has 10 heavy (non-hydrogen) atoms. The summed E-state index contributed by atoms with van der Waals surface area (Å²) in [7, 11) is -1.84. The van der Waals surface area contributed by atoms with Crippen molar-refractivity contribution in [1.29, 1.82) is 0 Å². The summed E-state index contributed by atoms with van der Waals surface area (Å²) in [6.45, 7) is 8.63. The molecule has 0 aliphatic carbocycles. The largest absolute Gasteiger partial charge is 0.395 e. The molecule has 0 amide bonds. The molecule has 0 aromatic rings. The Hall–Kier alpha value is 0.487. The highest BCUT2D eigenvalue weighted by atomic mass is 32.1. The molecule has 0 fully saturated rings. The fourth-order valence-corrected chi connectivity index (χ4v) is 3.14. The molecule has 1 unspecified atom stereocenters. The topological polar surface area (TPSA) is 18.5 Å². The van der Waals surface area contributed by atoms with Crippen LogP contribution in [0.3, 0.4) is 0 Å². The normalized spacial score (nSPS) is 15.3. The standard InChI is InChI=1S/C6H16O2SSi/c1-5-7-10(3,4)8-6(2)9/h6,9H,5H2,1-4H3. The molecular weight excluding hydrogens is 164 g/mol. The van der Waals surface area contributed by atoms with Crippen LogP contribution in [0.15, 0.2) is 0 Å². The van der Waals surface area contributed by atoms with Gasteiger partial charge < -0.3 is 8.85 Å². The summed E-state index contributed by atoms with van der Waals surface area (Å²) in [5.41, 5.74) is -0.0202. The summed E-state index contributed by atoms with van der Waals surface area (Å²) < 4.78 is 10.9. The maximum absolute atomic E-state index is 5.46. The Morgan fingerprint density at radius 3 is 2.30 bits per heavy atom. The van der Waals surface area contributed by atoms with Crippen molar-refractivity contribution in [2.75, 3.05) is 6.61 Å². The van der Waals surface area contributed by atoms with Crippen LogP contribution >= 0.6 is 12.6 Å². The second-order valence-electron chi connectivity index (χ2n) is 2.55. The van der Waals surface area contributed by atoms with Crippen LogP contribution in [-0.4, -0.2) is 20.6 Å². The zero-order chi connectivity index (χ0) is 8.20. The molecule has 0 N–H and O–H groups in total. The summed E-state index contributed by atoms with van der Waals surface area (Å²) >= 11 is 4.12. The summed E-state index contributed by atoms with van der Waals surface area (Å²) in [6.07, 6.45) is 0. The monoisotopic (exact) mass is 180 g/mol. The van der Waals surface area contributed by atoms with Gasteiger partial charge in [0.25, 0.3) is 0 Å². The minimum atomic E-state index is -1.84. The van der Waals surface area contributed by atoms with Crippen molar-refractivity contribution in [3.05, 3.63) is 0 Å². The fourth-order valence-electron chi connectivity index (χ4n) is 0.792. The van der Waals surface area contributed by atoms with E-state index < -0.39 is 8.56 Å². The van der Waals surface area contributed by atoms with Gasteiger partial charge in [-0.1, -0.05) is 0 Å². The van der Waals surface area contributed by atoms with Crippen molar-refractivity contribution in [2.45, 2.75) is 32.4 Å². The third-order valence-corrected chi connectivity index (χ3v) is 3.16. The second-order valence-corrected chi connectivity index (χ2v) is 6.60. The number of hydrogen-bond acceptors (Lipinski definition) is 3. The lowest BCUT2D eigenvalue weighted by molar-refractivity contribution is 0.182. The molecule has 4 heteroatoms. The number of hydrogen-bond donors (Lipinski definition) is 1. The zero-order valence-corrected chi connectivity index (χ0v) is 8.94. The van der Waals surface area contributed by atoms with Gasteiger partial charge in [-0.05, 0) is 26.9 Å². The van der Waals surface area contributed by atoms with E-state index in [4.69, 9.17) is 8.85 Å². The van der Waals surface area contributed by atoms with E-state index in [1.54, 1.807) is 0 Å². The van der Waals surface area contributed by atoms with Crippen LogP contribution in [0.25, 0.3) is 0 Å². The summed E-state index contributed by atoms with van der Waals surface area (Å²) in [4.78, 5) is 0. The molecule has 0 spiro atoms. The van der Waals surface area contributed by atoms with E-state index in [2.05, 4.69) is 12.6 Å². The van der Waals surface area contributed by atoms with Crippen LogP contribution in [0.1, 0.15) is 13.8 Å². The molecule has 0 saturated carbocycles. The SMILES string of the molecule is CCO[Si](C)(C)OC(C)S. The molecule has 0 radical (unpaired) electrons. The zero-order valence-electron chi connectivity index (χ0n) is 7.05. The van der Waals surface area contributed by atoms with E-state index >= 15 is 0 Å². The molecule has 62 valence electrons. The van der Waals surface area contributed by atoms with Gasteiger partial charge in [0, 0.05) is 6.61 Å². The first-order valence-corrected chi connectivity index (χ1v) is 6.81. The van der Waals surface area contributed by atoms with Gasteiger partial charge in [0.1, 0.15) is 0 Å². The molecule has 0 aromatic heterocycles. The maximum atomic E-state index is 5.46. The van der Waals surface area contributed by atoms with Gasteiger partial charge in [-0.15, -0.1) is 12.6 Å². The highest BCUT2D eigenvalue weighted by Crippen LogP contribution is 2.10. The first-order chi connectivity index (χ1) is 4.48. The Bertz CT molecular complexity index is 95.7. The number of thiol groups is 1. The van der Waals surface area contributed by atoms with Crippen LogP contribution in [0, 0.1) is 0 Å². The Morgan fingerprint density at radius 2 is 2.00 bits per heavy atom. The molecule has 2 nitrogen and oxygen atoms in total. The first-order valence-electron chi connectivity index (χ1n) is 3.48. The van der Waals surface area contributed by atoms with Crippen molar-refractivity contribution in [1.82, 2.24) is 0 Å². The smallest absolute Gasteiger partial charge is 0.332 e. The van der Waals surface area contributed by atoms with Gasteiger partial charge >= 0.3 is 8.56 Å². The Labute approximate surface area is 69.6 Å². The van der Waals surface area contributed by atoms with Crippen LogP contribution in [0.4, 0.5) is 0 Å². The van der Waals surface area contributed by atoms with Gasteiger partial charge in [-0.25, -0.2) is 0 Å². The Kier molecular flexibility index (Phi) is 4.60. The van der Waals surface area contributed by atoms with E-state index in [-0.39, 0.29) is 5.44 Å². The second kappa shape index (κ2) is 4.38. The molecular formula is C6H16O2SSi. The summed E-state index contributed by atoms with van der Waals surface area (Å²) in [5, 5.41) is 0. The van der Waals surface area contributed by atoms with E-state index in [1.807, 2.05) is 26.9 Å². The predicted octanol–water partition coefficient (Wildman–Crippen LogP) is 2.02. The van der Waals surface area contributed by atoms with E-state index in [9.17, 15) is 0 Å². The summed E-state index contributed by atoms with van der Waals surface area (Å²) in [5.74, 6) is 0. The van der Waals surface area contributed by atoms with Crippen LogP contribution in [0.2, 0.25) is 13.1 Å². The third kappa shape index (κ3) is 5.29. The molecule has 1 atom stereocenters. The van der Waals surface area contributed by atoms with Crippen molar-refractivity contribution in [2.24, 2.45) is 0 Å². The van der Waals surface area contributed by atoms with Crippen molar-refractivity contribution in [3.63, 3.8) is 0 Å². The molecule has 0 bridgehead atoms. The average Bonchev–Trinajstić information content (AvgIpc) is 1.59. The number of rotatable bonds is 4. The van der Waals surface area contributed by atoms with Crippen molar-refractivity contribution in [3.8, 4) is 0 Å². The molecule has 0 aliphatic heterocycles. The minimum absolute atomic E-state index is 0.0202. The van der Waals surface area contributed by atoms with Crippen LogP contribution < -0.4 is 0 Å². The Morgan fingerprint density at radius 1 is 1.50 bits per heavy atom. The highest BCUT2D eigenvalue weighted by Gasteiger charge is 2.24. The lowest BCUT2D eigenvalue weighted by atomic mass is 10.9. The maximum Gasteiger partial charge on any atom is 0.332 e. The third-order valence-electron chi connectivity index (χ3n) is 0.946. The quantitative estimate of drug-likeness (QED) is 0.405. The predicted molar refractivity (Wildman–Crippen MR) is 48.6 cm³/mol. The van der Waals surface area contributed by atoms with Crippen molar-refractivity contribution < 1.29 is 8.85 Å². The lowest BCUT2D eigenvalue weighted by Gasteiger charge is -2.23.